The van der Waals surface area contributed by atoms with E-state index < -0.39 is 5.91 Å². The number of rotatable bonds is 6. The fourth-order valence-electron chi connectivity index (χ4n) is 2.55. The number of nitrogens with zero attached hydrogens (tertiary/aromatic N) is 4. The molecule has 0 saturated carbocycles. The summed E-state index contributed by atoms with van der Waals surface area (Å²) in [7, 11) is 0. The van der Waals surface area contributed by atoms with E-state index in [-0.39, 0.29) is 18.4 Å². The zero-order chi connectivity index (χ0) is 17.0. The quantitative estimate of drug-likeness (QED) is 0.869. The summed E-state index contributed by atoms with van der Waals surface area (Å²) in [4.78, 5) is 27.2. The van der Waals surface area contributed by atoms with Crippen LogP contribution in [0.5, 0.6) is 0 Å². The largest absolute Gasteiger partial charge is 0.370 e. The molecular weight excluding hydrogens is 294 g/mol. The van der Waals surface area contributed by atoms with Crippen molar-refractivity contribution in [2.75, 3.05) is 6.54 Å². The van der Waals surface area contributed by atoms with Gasteiger partial charge in [-0.15, -0.1) is 0 Å². The molecule has 7 heteroatoms. The van der Waals surface area contributed by atoms with Gasteiger partial charge < -0.3 is 10.6 Å². The summed E-state index contributed by atoms with van der Waals surface area (Å²) in [6, 6.07) is 5.25. The van der Waals surface area contributed by atoms with E-state index >= 15 is 0 Å². The number of hydrogen-bond acceptors (Lipinski definition) is 4. The summed E-state index contributed by atoms with van der Waals surface area (Å²) >= 11 is 0. The van der Waals surface area contributed by atoms with E-state index in [0.29, 0.717) is 17.8 Å². The van der Waals surface area contributed by atoms with Crippen molar-refractivity contribution in [3.05, 3.63) is 41.7 Å². The smallest absolute Gasteiger partial charge is 0.256 e. The molecule has 0 aliphatic heterocycles. The maximum absolute atomic E-state index is 13.0. The Morgan fingerprint density at radius 3 is 2.52 bits per heavy atom. The second kappa shape index (κ2) is 7.04. The molecule has 0 fully saturated rings. The van der Waals surface area contributed by atoms with E-state index in [2.05, 4.69) is 10.2 Å². The van der Waals surface area contributed by atoms with Gasteiger partial charge in [0.2, 0.25) is 5.91 Å². The first-order chi connectivity index (χ1) is 10.9. The number of hydrogen-bond donors (Lipinski definition) is 1. The molecule has 0 aliphatic rings. The van der Waals surface area contributed by atoms with Gasteiger partial charge in [0.15, 0.2) is 0 Å². The van der Waals surface area contributed by atoms with Crippen molar-refractivity contribution in [3.63, 3.8) is 0 Å². The predicted molar refractivity (Wildman–Crippen MR) is 86.1 cm³/mol. The van der Waals surface area contributed by atoms with E-state index in [1.807, 2.05) is 32.9 Å². The Morgan fingerprint density at radius 2 is 1.96 bits per heavy atom. The molecule has 2 aromatic rings. The van der Waals surface area contributed by atoms with Gasteiger partial charge in [0.1, 0.15) is 0 Å². The summed E-state index contributed by atoms with van der Waals surface area (Å²) in [6.45, 7) is 6.08. The number of benzene rings is 1. The highest BCUT2D eigenvalue weighted by atomic mass is 16.2. The van der Waals surface area contributed by atoms with Crippen LogP contribution in [0.2, 0.25) is 0 Å². The number of carbonyl (C=O) groups excluding carboxylic acids is 2. The lowest BCUT2D eigenvalue weighted by Crippen LogP contribution is -2.41. The van der Waals surface area contributed by atoms with Gasteiger partial charge in [0, 0.05) is 19.0 Å². The maximum Gasteiger partial charge on any atom is 0.256 e. The SMILES string of the molecule is CCN(C(=O)c1cc(C)ccc1-n1nccn1)C(C)CC(N)=O. The lowest BCUT2D eigenvalue weighted by molar-refractivity contribution is -0.118. The van der Waals surface area contributed by atoms with Crippen LogP contribution in [-0.2, 0) is 4.79 Å². The second-order valence-corrected chi connectivity index (χ2v) is 5.45. The van der Waals surface area contributed by atoms with Gasteiger partial charge in [-0.1, -0.05) is 11.6 Å². The molecule has 0 aliphatic carbocycles. The van der Waals surface area contributed by atoms with Crippen molar-refractivity contribution in [1.29, 1.82) is 0 Å². The van der Waals surface area contributed by atoms with E-state index in [0.717, 1.165) is 5.56 Å². The van der Waals surface area contributed by atoms with Gasteiger partial charge in [-0.25, -0.2) is 0 Å². The Balaban J connectivity index is 2.41. The molecule has 1 heterocycles. The third kappa shape index (κ3) is 3.74. The van der Waals surface area contributed by atoms with Crippen LogP contribution in [0.4, 0.5) is 0 Å². The zero-order valence-electron chi connectivity index (χ0n) is 13.6. The van der Waals surface area contributed by atoms with Gasteiger partial charge >= 0.3 is 0 Å². The molecule has 1 aromatic heterocycles. The zero-order valence-corrected chi connectivity index (χ0v) is 13.6. The number of primary amides is 1. The molecule has 1 aromatic carbocycles. The first-order valence-electron chi connectivity index (χ1n) is 7.50. The minimum atomic E-state index is -0.429. The monoisotopic (exact) mass is 315 g/mol. The van der Waals surface area contributed by atoms with Crippen LogP contribution in [0.25, 0.3) is 5.69 Å². The summed E-state index contributed by atoms with van der Waals surface area (Å²) in [5.41, 5.74) is 7.32. The number of aromatic nitrogens is 3. The Morgan fingerprint density at radius 1 is 1.30 bits per heavy atom. The lowest BCUT2D eigenvalue weighted by Gasteiger charge is -2.28. The molecule has 0 spiro atoms. The van der Waals surface area contributed by atoms with E-state index in [4.69, 9.17) is 5.73 Å². The highest BCUT2D eigenvalue weighted by Gasteiger charge is 2.24. The van der Waals surface area contributed by atoms with Crippen LogP contribution in [0.3, 0.4) is 0 Å². The van der Waals surface area contributed by atoms with Crippen molar-refractivity contribution in [3.8, 4) is 5.69 Å². The average molecular weight is 315 g/mol. The van der Waals surface area contributed by atoms with Crippen LogP contribution >= 0.6 is 0 Å². The normalized spacial score (nSPS) is 12.0. The van der Waals surface area contributed by atoms with Crippen LogP contribution in [-0.4, -0.2) is 44.3 Å². The van der Waals surface area contributed by atoms with E-state index in [9.17, 15) is 9.59 Å². The standard InChI is InChI=1S/C16H21N5O2/c1-4-20(12(3)10-15(17)22)16(23)13-9-11(2)5-6-14(13)21-18-7-8-19-21/h5-9,12H,4,10H2,1-3H3,(H2,17,22). The van der Waals surface area contributed by atoms with Gasteiger partial charge in [-0.2, -0.15) is 15.0 Å². The molecule has 1 atom stereocenters. The fourth-order valence-corrected chi connectivity index (χ4v) is 2.55. The Labute approximate surface area is 135 Å². The molecule has 2 N–H and O–H groups in total. The van der Waals surface area contributed by atoms with Crippen LogP contribution in [0.15, 0.2) is 30.6 Å². The molecule has 122 valence electrons. The highest BCUT2D eigenvalue weighted by Crippen LogP contribution is 2.19. The number of carbonyl (C=O) groups is 2. The van der Waals surface area contributed by atoms with Crippen molar-refractivity contribution >= 4 is 11.8 Å². The van der Waals surface area contributed by atoms with Crippen molar-refractivity contribution in [1.82, 2.24) is 19.9 Å². The molecule has 23 heavy (non-hydrogen) atoms. The second-order valence-electron chi connectivity index (χ2n) is 5.45. The molecule has 2 rings (SSSR count). The number of nitrogens with two attached hydrogens (primary N) is 1. The first-order valence-corrected chi connectivity index (χ1v) is 7.50. The van der Waals surface area contributed by atoms with E-state index in [1.54, 1.807) is 23.4 Å². The fraction of sp³-hybridized carbons (Fsp3) is 0.375. The Bertz CT molecular complexity index is 697. The summed E-state index contributed by atoms with van der Waals surface area (Å²) in [6.07, 6.45) is 3.24. The molecule has 0 saturated heterocycles. The topological polar surface area (TPSA) is 94.1 Å². The molecular formula is C16H21N5O2. The number of aryl methyl sites for hydroxylation is 1. The third-order valence-electron chi connectivity index (χ3n) is 3.65. The molecule has 7 nitrogen and oxygen atoms in total. The van der Waals surface area contributed by atoms with Crippen LogP contribution in [0, 0.1) is 6.92 Å². The van der Waals surface area contributed by atoms with Crippen molar-refractivity contribution in [2.24, 2.45) is 5.73 Å². The summed E-state index contributed by atoms with van der Waals surface area (Å²) in [5.74, 6) is -0.598. The molecule has 1 unspecified atom stereocenters. The minimum Gasteiger partial charge on any atom is -0.370 e. The molecule has 0 bridgehead atoms. The predicted octanol–water partition coefficient (Wildman–Crippen LogP) is 1.30. The summed E-state index contributed by atoms with van der Waals surface area (Å²) < 4.78 is 0. The van der Waals surface area contributed by atoms with Crippen LogP contribution < -0.4 is 5.73 Å². The average Bonchev–Trinajstić information content (AvgIpc) is 3.01. The lowest BCUT2D eigenvalue weighted by atomic mass is 10.1. The number of amides is 2. The van der Waals surface area contributed by atoms with Crippen molar-refractivity contribution < 1.29 is 9.59 Å². The third-order valence-corrected chi connectivity index (χ3v) is 3.65. The van der Waals surface area contributed by atoms with Gasteiger partial charge in [-0.3, -0.25) is 9.59 Å². The van der Waals surface area contributed by atoms with Crippen LogP contribution in [0.1, 0.15) is 36.2 Å². The minimum absolute atomic E-state index is 0.126. The highest BCUT2D eigenvalue weighted by molar-refractivity contribution is 5.98. The van der Waals surface area contributed by atoms with E-state index in [1.165, 1.54) is 4.80 Å². The maximum atomic E-state index is 13.0. The summed E-state index contributed by atoms with van der Waals surface area (Å²) in [5, 5.41) is 8.20. The molecule has 2 amide bonds. The van der Waals surface area contributed by atoms with Gasteiger partial charge in [-0.05, 0) is 32.9 Å². The molecule has 0 radical (unpaired) electrons. The van der Waals surface area contributed by atoms with Crippen molar-refractivity contribution in [2.45, 2.75) is 33.2 Å². The first kappa shape index (κ1) is 16.7. The van der Waals surface area contributed by atoms with Gasteiger partial charge in [0.05, 0.1) is 23.6 Å². The Hall–Kier alpha value is -2.70. The Kier molecular flexibility index (Phi) is 5.10. The van der Waals surface area contributed by atoms with Gasteiger partial charge in [0.25, 0.3) is 5.91 Å².